The number of rotatable bonds is 3. The third-order valence-corrected chi connectivity index (χ3v) is 6.21. The van der Waals surface area contributed by atoms with Crippen LogP contribution >= 0.6 is 11.6 Å². The molecule has 0 saturated carbocycles. The molecule has 0 bridgehead atoms. The SMILES string of the molecule is CC(N)C1CCCCN1S(=O)(=O)c1ccc(Cl)c(C(F)(F)F)c1. The summed E-state index contributed by atoms with van der Waals surface area (Å²) in [6.07, 6.45) is -2.63. The zero-order chi connectivity index (χ0) is 17.4. The maximum absolute atomic E-state index is 13.0. The van der Waals surface area contributed by atoms with Crippen LogP contribution in [0.15, 0.2) is 23.1 Å². The molecule has 2 unspecified atom stereocenters. The first-order valence-electron chi connectivity index (χ1n) is 7.19. The van der Waals surface area contributed by atoms with E-state index in [9.17, 15) is 21.6 Å². The standard InChI is InChI=1S/C14H18ClF3N2O2S/c1-9(19)13-4-2-3-7-20(13)23(21,22)10-5-6-12(15)11(8-10)14(16,17)18/h5-6,8-9,13H,2-4,7,19H2,1H3. The van der Waals surface area contributed by atoms with E-state index < -0.39 is 43.8 Å². The molecule has 130 valence electrons. The van der Waals surface area contributed by atoms with Gasteiger partial charge in [0.1, 0.15) is 0 Å². The van der Waals surface area contributed by atoms with E-state index >= 15 is 0 Å². The van der Waals surface area contributed by atoms with E-state index in [0.717, 1.165) is 18.6 Å². The Morgan fingerprint density at radius 1 is 1.35 bits per heavy atom. The largest absolute Gasteiger partial charge is 0.417 e. The second-order valence-electron chi connectivity index (χ2n) is 5.68. The minimum absolute atomic E-state index is 0.249. The van der Waals surface area contributed by atoms with E-state index in [1.54, 1.807) is 6.92 Å². The second-order valence-corrected chi connectivity index (χ2v) is 7.98. The number of nitrogens with two attached hydrogens (primary N) is 1. The first-order chi connectivity index (χ1) is 10.5. The molecule has 2 N–H and O–H groups in total. The van der Waals surface area contributed by atoms with Gasteiger partial charge in [-0.3, -0.25) is 0 Å². The van der Waals surface area contributed by atoms with Gasteiger partial charge in [0.2, 0.25) is 10.0 Å². The van der Waals surface area contributed by atoms with Crippen molar-refractivity contribution >= 4 is 21.6 Å². The normalized spacial score (nSPS) is 22.1. The van der Waals surface area contributed by atoms with E-state index in [4.69, 9.17) is 17.3 Å². The van der Waals surface area contributed by atoms with Crippen LogP contribution in [-0.2, 0) is 16.2 Å². The van der Waals surface area contributed by atoms with Gasteiger partial charge >= 0.3 is 6.18 Å². The number of nitrogens with zero attached hydrogens (tertiary/aromatic N) is 1. The van der Waals surface area contributed by atoms with Crippen molar-refractivity contribution in [1.82, 2.24) is 4.31 Å². The van der Waals surface area contributed by atoms with E-state index in [0.29, 0.717) is 18.9 Å². The van der Waals surface area contributed by atoms with Crippen LogP contribution < -0.4 is 5.73 Å². The summed E-state index contributed by atoms with van der Waals surface area (Å²) in [6, 6.07) is 1.82. The van der Waals surface area contributed by atoms with Crippen molar-refractivity contribution in [1.29, 1.82) is 0 Å². The smallest absolute Gasteiger partial charge is 0.326 e. The van der Waals surface area contributed by atoms with Crippen LogP contribution in [0.4, 0.5) is 13.2 Å². The van der Waals surface area contributed by atoms with Crippen molar-refractivity contribution in [3.05, 3.63) is 28.8 Å². The van der Waals surface area contributed by atoms with Gasteiger partial charge in [0, 0.05) is 18.6 Å². The van der Waals surface area contributed by atoms with Crippen LogP contribution in [0.5, 0.6) is 0 Å². The fraction of sp³-hybridized carbons (Fsp3) is 0.571. The molecule has 1 aliphatic heterocycles. The fourth-order valence-corrected chi connectivity index (χ4v) is 4.80. The number of alkyl halides is 3. The molecule has 1 aliphatic rings. The molecule has 0 aromatic heterocycles. The summed E-state index contributed by atoms with van der Waals surface area (Å²) >= 11 is 5.55. The third kappa shape index (κ3) is 3.81. The number of benzene rings is 1. The number of sulfonamides is 1. The Hall–Kier alpha value is -0.830. The molecular weight excluding hydrogens is 353 g/mol. The zero-order valence-electron chi connectivity index (χ0n) is 12.5. The molecular formula is C14H18ClF3N2O2S. The number of hydrogen-bond donors (Lipinski definition) is 1. The van der Waals surface area contributed by atoms with Gasteiger partial charge in [-0.2, -0.15) is 17.5 Å². The van der Waals surface area contributed by atoms with Crippen LogP contribution in [0.2, 0.25) is 5.02 Å². The van der Waals surface area contributed by atoms with Gasteiger partial charge in [-0.05, 0) is 38.0 Å². The molecule has 1 heterocycles. The van der Waals surface area contributed by atoms with Crippen LogP contribution in [0.1, 0.15) is 31.7 Å². The van der Waals surface area contributed by atoms with Crippen molar-refractivity contribution in [3.8, 4) is 0 Å². The summed E-state index contributed by atoms with van der Waals surface area (Å²) in [7, 11) is -4.06. The molecule has 4 nitrogen and oxygen atoms in total. The fourth-order valence-electron chi connectivity index (χ4n) is 2.77. The highest BCUT2D eigenvalue weighted by atomic mass is 35.5. The van der Waals surface area contributed by atoms with Gasteiger partial charge in [-0.15, -0.1) is 0 Å². The lowest BCUT2D eigenvalue weighted by atomic mass is 10.00. The van der Waals surface area contributed by atoms with Crippen LogP contribution in [0.25, 0.3) is 0 Å². The predicted octanol–water partition coefficient (Wildman–Crippen LogP) is 3.25. The molecule has 2 rings (SSSR count). The summed E-state index contributed by atoms with van der Waals surface area (Å²) < 4.78 is 65.6. The highest BCUT2D eigenvalue weighted by Crippen LogP contribution is 2.37. The maximum Gasteiger partial charge on any atom is 0.417 e. The van der Waals surface area contributed by atoms with Crippen molar-refractivity contribution in [2.24, 2.45) is 5.73 Å². The molecule has 1 fully saturated rings. The van der Waals surface area contributed by atoms with Crippen molar-refractivity contribution in [2.75, 3.05) is 6.54 Å². The molecule has 1 saturated heterocycles. The number of hydrogen-bond acceptors (Lipinski definition) is 3. The Morgan fingerprint density at radius 3 is 2.57 bits per heavy atom. The summed E-state index contributed by atoms with van der Waals surface area (Å²) in [5.74, 6) is 0. The molecule has 2 atom stereocenters. The molecule has 9 heteroatoms. The Labute approximate surface area is 138 Å². The van der Waals surface area contributed by atoms with Gasteiger partial charge in [0.15, 0.2) is 0 Å². The summed E-state index contributed by atoms with van der Waals surface area (Å²) in [5, 5.41) is -0.529. The predicted molar refractivity (Wildman–Crippen MR) is 81.6 cm³/mol. The summed E-state index contributed by atoms with van der Waals surface area (Å²) in [4.78, 5) is -0.415. The zero-order valence-corrected chi connectivity index (χ0v) is 14.0. The first kappa shape index (κ1) is 18.5. The van der Waals surface area contributed by atoms with Gasteiger partial charge in [0.05, 0.1) is 15.5 Å². The first-order valence-corrected chi connectivity index (χ1v) is 9.01. The van der Waals surface area contributed by atoms with E-state index in [1.807, 2.05) is 0 Å². The Kier molecular flexibility index (Phi) is 5.30. The Morgan fingerprint density at radius 2 is 2.00 bits per heavy atom. The number of halogens is 4. The quantitative estimate of drug-likeness (QED) is 0.888. The van der Waals surface area contributed by atoms with Crippen LogP contribution in [0, 0.1) is 0 Å². The topological polar surface area (TPSA) is 63.4 Å². The second kappa shape index (κ2) is 6.58. The van der Waals surface area contributed by atoms with E-state index in [2.05, 4.69) is 0 Å². The highest BCUT2D eigenvalue weighted by molar-refractivity contribution is 7.89. The monoisotopic (exact) mass is 370 g/mol. The van der Waals surface area contributed by atoms with Gasteiger partial charge in [-0.1, -0.05) is 18.0 Å². The van der Waals surface area contributed by atoms with Crippen LogP contribution in [0.3, 0.4) is 0 Å². The van der Waals surface area contributed by atoms with E-state index in [1.165, 1.54) is 4.31 Å². The summed E-state index contributed by atoms with van der Waals surface area (Å²) in [5.41, 5.74) is 4.69. The lowest BCUT2D eigenvalue weighted by molar-refractivity contribution is -0.137. The van der Waals surface area contributed by atoms with Crippen molar-refractivity contribution < 1.29 is 21.6 Å². The molecule has 0 spiro atoms. The van der Waals surface area contributed by atoms with Gasteiger partial charge in [0.25, 0.3) is 0 Å². The van der Waals surface area contributed by atoms with Gasteiger partial charge < -0.3 is 5.73 Å². The Bertz CT molecular complexity index is 677. The Balaban J connectivity index is 2.47. The highest BCUT2D eigenvalue weighted by Gasteiger charge is 2.38. The van der Waals surface area contributed by atoms with Crippen LogP contribution in [-0.4, -0.2) is 31.4 Å². The van der Waals surface area contributed by atoms with E-state index in [-0.39, 0.29) is 6.54 Å². The maximum atomic E-state index is 13.0. The molecule has 1 aromatic carbocycles. The van der Waals surface area contributed by atoms with Crippen molar-refractivity contribution in [3.63, 3.8) is 0 Å². The average Bonchev–Trinajstić information content (AvgIpc) is 2.46. The molecule has 0 radical (unpaired) electrons. The lowest BCUT2D eigenvalue weighted by Crippen LogP contribution is -2.51. The minimum atomic E-state index is -4.72. The summed E-state index contributed by atoms with van der Waals surface area (Å²) in [6.45, 7) is 1.94. The van der Waals surface area contributed by atoms with Gasteiger partial charge in [-0.25, -0.2) is 8.42 Å². The molecule has 0 amide bonds. The molecule has 23 heavy (non-hydrogen) atoms. The molecule has 0 aliphatic carbocycles. The number of piperidine rings is 1. The average molecular weight is 371 g/mol. The lowest BCUT2D eigenvalue weighted by Gasteiger charge is -2.37. The third-order valence-electron chi connectivity index (χ3n) is 3.96. The minimum Gasteiger partial charge on any atom is -0.326 e. The molecule has 1 aromatic rings. The van der Waals surface area contributed by atoms with Crippen molar-refractivity contribution in [2.45, 2.75) is 49.3 Å².